The van der Waals surface area contributed by atoms with Crippen LogP contribution in [0, 0.1) is 18.3 Å². The van der Waals surface area contributed by atoms with Crippen LogP contribution in [0.5, 0.6) is 11.6 Å². The summed E-state index contributed by atoms with van der Waals surface area (Å²) >= 11 is 0. The van der Waals surface area contributed by atoms with Crippen molar-refractivity contribution in [1.82, 2.24) is 4.57 Å². The molecule has 1 heterocycles. The van der Waals surface area contributed by atoms with E-state index in [4.69, 9.17) is 4.74 Å². The van der Waals surface area contributed by atoms with E-state index in [2.05, 4.69) is 6.58 Å². The van der Waals surface area contributed by atoms with Crippen molar-refractivity contribution in [2.45, 2.75) is 33.2 Å². The van der Waals surface area contributed by atoms with Crippen LogP contribution >= 0.6 is 0 Å². The lowest BCUT2D eigenvalue weighted by molar-refractivity contribution is 0.103. The number of rotatable bonds is 8. The molecule has 0 aliphatic carbocycles. The van der Waals surface area contributed by atoms with Gasteiger partial charge in [0, 0.05) is 12.1 Å². The summed E-state index contributed by atoms with van der Waals surface area (Å²) in [7, 11) is 0. The van der Waals surface area contributed by atoms with Crippen molar-refractivity contribution in [2.75, 3.05) is 6.61 Å². The fraction of sp³-hybridized carbons (Fsp3) is 0.286. The van der Waals surface area contributed by atoms with Crippen LogP contribution in [0.15, 0.2) is 41.7 Å². The molecule has 6 heteroatoms. The van der Waals surface area contributed by atoms with Crippen LogP contribution in [0.25, 0.3) is 0 Å². The highest BCUT2D eigenvalue weighted by molar-refractivity contribution is 6.11. The van der Waals surface area contributed by atoms with Gasteiger partial charge in [-0.25, -0.2) is 0 Å². The molecule has 6 nitrogen and oxygen atoms in total. The summed E-state index contributed by atoms with van der Waals surface area (Å²) in [6.45, 7) is 7.61. The first-order chi connectivity index (χ1) is 13.0. The highest BCUT2D eigenvalue weighted by Gasteiger charge is 2.24. The lowest BCUT2D eigenvalue weighted by Gasteiger charge is -2.15. The Kier molecular flexibility index (Phi) is 6.56. The third-order valence-electron chi connectivity index (χ3n) is 4.25. The summed E-state index contributed by atoms with van der Waals surface area (Å²) in [5.74, 6) is -0.276. The molecule has 1 aromatic carbocycles. The largest absolute Gasteiger partial charge is 0.494 e. The number of pyridine rings is 1. The molecule has 2 aromatic rings. The average molecular weight is 366 g/mol. The second-order valence-corrected chi connectivity index (χ2v) is 6.07. The van der Waals surface area contributed by atoms with E-state index in [0.717, 1.165) is 11.0 Å². The van der Waals surface area contributed by atoms with Crippen LogP contribution in [0.4, 0.5) is 0 Å². The van der Waals surface area contributed by atoms with E-state index >= 15 is 0 Å². The predicted octanol–water partition coefficient (Wildman–Crippen LogP) is 3.33. The maximum absolute atomic E-state index is 13.0. The molecule has 0 aliphatic rings. The maximum atomic E-state index is 13.0. The first-order valence-corrected chi connectivity index (χ1v) is 8.71. The minimum atomic E-state index is -0.578. The van der Waals surface area contributed by atoms with Gasteiger partial charge in [-0.2, -0.15) is 5.26 Å². The van der Waals surface area contributed by atoms with E-state index in [1.807, 2.05) is 13.0 Å². The van der Waals surface area contributed by atoms with Gasteiger partial charge in [-0.05, 0) is 43.2 Å². The van der Waals surface area contributed by atoms with Crippen molar-refractivity contribution in [3.63, 3.8) is 0 Å². The Morgan fingerprint density at radius 1 is 1.37 bits per heavy atom. The van der Waals surface area contributed by atoms with Gasteiger partial charge in [-0.15, -0.1) is 0 Å². The van der Waals surface area contributed by atoms with Crippen molar-refractivity contribution in [2.24, 2.45) is 0 Å². The first-order valence-electron chi connectivity index (χ1n) is 8.71. The number of aromatic hydroxyl groups is 1. The monoisotopic (exact) mass is 366 g/mol. The van der Waals surface area contributed by atoms with Crippen LogP contribution in [0.2, 0.25) is 0 Å². The van der Waals surface area contributed by atoms with E-state index in [-0.39, 0.29) is 23.2 Å². The molecule has 0 bridgehead atoms. The lowest BCUT2D eigenvalue weighted by atomic mass is 9.97. The summed E-state index contributed by atoms with van der Waals surface area (Å²) in [5.41, 5.74) is -0.223. The fourth-order valence-corrected chi connectivity index (χ4v) is 2.75. The van der Waals surface area contributed by atoms with Gasteiger partial charge in [0.25, 0.3) is 5.56 Å². The van der Waals surface area contributed by atoms with Crippen LogP contribution in [0.3, 0.4) is 0 Å². The molecule has 0 saturated heterocycles. The van der Waals surface area contributed by atoms with Crippen molar-refractivity contribution in [3.05, 3.63) is 69.5 Å². The molecule has 0 fully saturated rings. The summed E-state index contributed by atoms with van der Waals surface area (Å²) in [6.07, 6.45) is 3.06. The van der Waals surface area contributed by atoms with Gasteiger partial charge < -0.3 is 9.84 Å². The number of aromatic nitrogens is 1. The molecule has 1 N–H and O–H groups in total. The Balaban J connectivity index is 2.53. The van der Waals surface area contributed by atoms with Gasteiger partial charge in [0.15, 0.2) is 5.78 Å². The number of ether oxygens (including phenoxy) is 1. The van der Waals surface area contributed by atoms with Crippen molar-refractivity contribution in [1.29, 1.82) is 5.26 Å². The maximum Gasteiger partial charge on any atom is 0.271 e. The molecule has 1 aromatic heterocycles. The number of nitriles is 1. The quantitative estimate of drug-likeness (QED) is 0.571. The van der Waals surface area contributed by atoms with Gasteiger partial charge in [-0.3, -0.25) is 14.2 Å². The van der Waals surface area contributed by atoms with Gasteiger partial charge in [0.05, 0.1) is 5.56 Å². The third-order valence-corrected chi connectivity index (χ3v) is 4.25. The lowest BCUT2D eigenvalue weighted by Crippen LogP contribution is -2.26. The number of unbranched alkanes of at least 4 members (excludes halogenated alkanes) is 1. The Labute approximate surface area is 158 Å². The predicted molar refractivity (Wildman–Crippen MR) is 102 cm³/mol. The summed E-state index contributed by atoms with van der Waals surface area (Å²) in [6, 6.07) is 8.29. The Hall–Kier alpha value is -3.33. The number of hydrogen-bond donors (Lipinski definition) is 1. The molecule has 0 unspecified atom stereocenters. The van der Waals surface area contributed by atoms with E-state index in [9.17, 15) is 20.0 Å². The Morgan fingerprint density at radius 2 is 2.04 bits per heavy atom. The topological polar surface area (TPSA) is 92.3 Å². The highest BCUT2D eigenvalue weighted by atomic mass is 16.5. The van der Waals surface area contributed by atoms with E-state index in [1.165, 1.54) is 6.92 Å². The van der Waals surface area contributed by atoms with E-state index < -0.39 is 17.2 Å². The molecule has 0 spiro atoms. The molecule has 140 valence electrons. The van der Waals surface area contributed by atoms with E-state index in [0.29, 0.717) is 24.3 Å². The van der Waals surface area contributed by atoms with Gasteiger partial charge in [-0.1, -0.05) is 26.0 Å². The molecular formula is C21H22N2O4. The zero-order chi connectivity index (χ0) is 20.0. The normalized spacial score (nSPS) is 10.3. The SMILES string of the molecule is C=CCOc1ccc(C(=O)c2c(C)c(C#N)c(=O)n(CCCC)c2O)cc1. The van der Waals surface area contributed by atoms with Crippen LogP contribution in [-0.4, -0.2) is 22.1 Å². The summed E-state index contributed by atoms with van der Waals surface area (Å²) in [4.78, 5) is 25.4. The first kappa shape index (κ1) is 20.0. The zero-order valence-corrected chi connectivity index (χ0v) is 15.5. The Morgan fingerprint density at radius 3 is 2.59 bits per heavy atom. The minimum absolute atomic E-state index is 0.0259. The molecular weight excluding hydrogens is 344 g/mol. The summed E-state index contributed by atoms with van der Waals surface area (Å²) < 4.78 is 6.49. The second kappa shape index (κ2) is 8.86. The van der Waals surface area contributed by atoms with Crippen molar-refractivity contribution in [3.8, 4) is 17.7 Å². The van der Waals surface area contributed by atoms with Crippen LogP contribution in [-0.2, 0) is 6.54 Å². The number of carbonyl (C=O) groups is 1. The zero-order valence-electron chi connectivity index (χ0n) is 15.5. The third kappa shape index (κ3) is 4.09. The fourth-order valence-electron chi connectivity index (χ4n) is 2.75. The molecule has 2 rings (SSSR count). The van der Waals surface area contributed by atoms with Gasteiger partial charge in [0.2, 0.25) is 5.88 Å². The number of nitrogens with zero attached hydrogens (tertiary/aromatic N) is 2. The smallest absolute Gasteiger partial charge is 0.271 e. The molecule has 0 aliphatic heterocycles. The minimum Gasteiger partial charge on any atom is -0.494 e. The molecule has 0 saturated carbocycles. The van der Waals surface area contributed by atoms with Gasteiger partial charge >= 0.3 is 0 Å². The Bertz CT molecular complexity index is 950. The molecule has 27 heavy (non-hydrogen) atoms. The van der Waals surface area contributed by atoms with Crippen LogP contribution in [0.1, 0.15) is 46.8 Å². The summed E-state index contributed by atoms with van der Waals surface area (Å²) in [5, 5.41) is 20.0. The highest BCUT2D eigenvalue weighted by Crippen LogP contribution is 2.26. The molecule has 0 amide bonds. The number of benzene rings is 1. The second-order valence-electron chi connectivity index (χ2n) is 6.07. The van der Waals surface area contributed by atoms with Crippen molar-refractivity contribution < 1.29 is 14.6 Å². The number of carbonyl (C=O) groups excluding carboxylic acids is 1. The van der Waals surface area contributed by atoms with E-state index in [1.54, 1.807) is 30.3 Å². The molecule has 0 radical (unpaired) electrons. The molecule has 0 atom stereocenters. The number of ketones is 1. The standard InChI is InChI=1S/C21H22N2O4/c1-4-6-11-23-20(25)17(13-22)14(3)18(21(23)26)19(24)15-7-9-16(10-8-15)27-12-5-2/h5,7-10,26H,2,4,6,11-12H2,1,3H3. The van der Waals surface area contributed by atoms with Gasteiger partial charge in [0.1, 0.15) is 24.0 Å². The average Bonchev–Trinajstić information content (AvgIpc) is 2.67. The van der Waals surface area contributed by atoms with Crippen molar-refractivity contribution >= 4 is 5.78 Å². The number of hydrogen-bond acceptors (Lipinski definition) is 5. The van der Waals surface area contributed by atoms with Crippen LogP contribution < -0.4 is 10.3 Å².